The Hall–Kier alpha value is -14.4. The minimum absolute atomic E-state index is 0.0739. The first-order chi connectivity index (χ1) is 59.0. The molecule has 2 aliphatic rings. The number of hydrogen-bond donors (Lipinski definition) is 0. The SMILES string of the molecule is CC1(C)c2cc(-c3ccc4c5cc(-c6ccc7c8ccccc8n(-c8ccccc8)c7c6)ccc5n(-c5ccccc5)c4c3)ccc2-c2c1ccc1c2sc2ccccc21.CC1(C)c2ccc(-c3ccc4c(c3)c3cc(-c5ccc6c7ccccc7n(-c7ccccc7)c6c5)ccc3n4-c3ccccc3)cc2-c2c1ccc1c2sc2ccccc21. The number of thiophene rings is 2. The van der Waals surface area contributed by atoms with E-state index in [0.29, 0.717) is 0 Å². The maximum Gasteiger partial charge on any atom is 0.0547 e. The van der Waals surface area contributed by atoms with E-state index >= 15 is 0 Å². The van der Waals surface area contributed by atoms with Crippen LogP contribution < -0.4 is 0 Å². The molecule has 4 nitrogen and oxygen atoms in total. The van der Waals surface area contributed by atoms with Gasteiger partial charge in [-0.25, -0.2) is 0 Å². The maximum absolute atomic E-state index is 2.47. The van der Waals surface area contributed by atoms with Gasteiger partial charge in [0, 0.05) is 128 Å². The minimum Gasteiger partial charge on any atom is -0.309 e. The fourth-order valence-corrected chi connectivity index (χ4v) is 23.4. The first-order valence-electron chi connectivity index (χ1n) is 41.7. The Kier molecular flexibility index (Phi) is 14.9. The van der Waals surface area contributed by atoms with Crippen LogP contribution in [0.15, 0.2) is 388 Å². The second kappa shape index (κ2) is 26.0. The zero-order valence-electron chi connectivity index (χ0n) is 66.6. The lowest BCUT2D eigenvalue weighted by molar-refractivity contribution is 0.661. The summed E-state index contributed by atoms with van der Waals surface area (Å²) in [5.74, 6) is 0. The van der Waals surface area contributed by atoms with Crippen molar-refractivity contribution in [3.8, 4) is 89.5 Å². The van der Waals surface area contributed by atoms with E-state index in [1.807, 2.05) is 22.7 Å². The topological polar surface area (TPSA) is 19.7 Å². The molecule has 6 aromatic heterocycles. The first kappa shape index (κ1) is 68.8. The lowest BCUT2D eigenvalue weighted by atomic mass is 9.81. The molecule has 0 radical (unpaired) electrons. The summed E-state index contributed by atoms with van der Waals surface area (Å²) in [6.45, 7) is 9.57. The van der Waals surface area contributed by atoms with Gasteiger partial charge in [0.25, 0.3) is 0 Å². The average molecular weight is 1570 g/mol. The van der Waals surface area contributed by atoms with Crippen molar-refractivity contribution in [2.45, 2.75) is 38.5 Å². The maximum atomic E-state index is 2.47. The molecule has 0 unspecified atom stereocenters. The molecule has 24 aromatic rings. The Morgan fingerprint density at radius 3 is 0.908 bits per heavy atom. The van der Waals surface area contributed by atoms with Gasteiger partial charge in [0.15, 0.2) is 0 Å². The molecule has 0 atom stereocenters. The number of nitrogens with zero attached hydrogens (tertiary/aromatic N) is 4. The van der Waals surface area contributed by atoms with Crippen molar-refractivity contribution in [2.24, 2.45) is 0 Å². The van der Waals surface area contributed by atoms with E-state index < -0.39 is 0 Å². The van der Waals surface area contributed by atoms with Gasteiger partial charge in [-0.2, -0.15) is 0 Å². The van der Waals surface area contributed by atoms with Crippen LogP contribution in [0.25, 0.3) is 217 Å². The summed E-state index contributed by atoms with van der Waals surface area (Å²) in [6.07, 6.45) is 0. The molecule has 0 saturated heterocycles. The van der Waals surface area contributed by atoms with E-state index in [1.54, 1.807) is 0 Å². The molecule has 120 heavy (non-hydrogen) atoms. The van der Waals surface area contributed by atoms with E-state index in [-0.39, 0.29) is 10.8 Å². The Balaban J connectivity index is 0.000000133. The van der Waals surface area contributed by atoms with Crippen molar-refractivity contribution in [2.75, 3.05) is 0 Å². The van der Waals surface area contributed by atoms with Gasteiger partial charge < -0.3 is 18.3 Å². The van der Waals surface area contributed by atoms with Crippen LogP contribution in [0.1, 0.15) is 49.9 Å². The Bertz CT molecular complexity index is 8450. The predicted octanol–water partition coefficient (Wildman–Crippen LogP) is 31.8. The van der Waals surface area contributed by atoms with Crippen molar-refractivity contribution >= 4 is 150 Å². The molecule has 0 fully saturated rings. The summed E-state index contributed by atoms with van der Waals surface area (Å²) in [7, 11) is 0. The van der Waals surface area contributed by atoms with E-state index in [2.05, 4.69) is 434 Å². The van der Waals surface area contributed by atoms with E-state index in [1.165, 1.54) is 228 Å². The largest absolute Gasteiger partial charge is 0.309 e. The molecule has 564 valence electrons. The molecule has 0 bridgehead atoms. The Morgan fingerprint density at radius 2 is 0.467 bits per heavy atom. The average Bonchev–Trinajstić information content (AvgIpc) is 1.64. The van der Waals surface area contributed by atoms with Crippen LogP contribution in [0.2, 0.25) is 0 Å². The van der Waals surface area contributed by atoms with Crippen molar-refractivity contribution in [3.63, 3.8) is 0 Å². The number of aromatic nitrogens is 4. The molecule has 0 spiro atoms. The summed E-state index contributed by atoms with van der Waals surface area (Å²) < 4.78 is 15.2. The number of fused-ring (bicyclic) bond motifs is 26. The Morgan fingerprint density at radius 1 is 0.183 bits per heavy atom. The number of hydrogen-bond acceptors (Lipinski definition) is 2. The highest BCUT2D eigenvalue weighted by Gasteiger charge is 2.39. The van der Waals surface area contributed by atoms with Crippen molar-refractivity contribution in [1.29, 1.82) is 0 Å². The van der Waals surface area contributed by atoms with Crippen LogP contribution in [0.3, 0.4) is 0 Å². The van der Waals surface area contributed by atoms with Crippen molar-refractivity contribution in [1.82, 2.24) is 18.3 Å². The molecule has 26 rings (SSSR count). The smallest absolute Gasteiger partial charge is 0.0547 e. The molecular weight excluding hydrogens is 1490 g/mol. The third-order valence-electron chi connectivity index (χ3n) is 26.6. The molecule has 6 heterocycles. The summed E-state index contributed by atoms with van der Waals surface area (Å²) in [4.78, 5) is 0. The van der Waals surface area contributed by atoms with Crippen LogP contribution in [0.4, 0.5) is 0 Å². The molecule has 2 aliphatic carbocycles. The quantitative estimate of drug-likeness (QED) is 0.144. The molecule has 18 aromatic carbocycles. The van der Waals surface area contributed by atoms with Gasteiger partial charge in [-0.1, -0.05) is 276 Å². The predicted molar refractivity (Wildman–Crippen MR) is 513 cm³/mol. The summed E-state index contributed by atoms with van der Waals surface area (Å²) >= 11 is 3.86. The normalized spacial score (nSPS) is 13.3. The van der Waals surface area contributed by atoms with E-state index in [4.69, 9.17) is 0 Å². The first-order valence-corrected chi connectivity index (χ1v) is 43.3. The molecule has 0 aliphatic heterocycles. The summed E-state index contributed by atoms with van der Waals surface area (Å²) in [5, 5.41) is 15.5. The molecule has 6 heteroatoms. The van der Waals surface area contributed by atoms with E-state index in [0.717, 1.165) is 11.4 Å². The van der Waals surface area contributed by atoms with Crippen molar-refractivity contribution in [3.05, 3.63) is 411 Å². The van der Waals surface area contributed by atoms with Crippen LogP contribution in [-0.2, 0) is 10.8 Å². The zero-order valence-corrected chi connectivity index (χ0v) is 68.2. The van der Waals surface area contributed by atoms with Crippen LogP contribution in [-0.4, -0.2) is 18.3 Å². The van der Waals surface area contributed by atoms with Gasteiger partial charge in [0.1, 0.15) is 0 Å². The molecule has 0 saturated carbocycles. The fourth-order valence-electron chi connectivity index (χ4n) is 20.9. The zero-order chi connectivity index (χ0) is 79.4. The molecular formula is C114H76N4S2. The highest BCUT2D eigenvalue weighted by atomic mass is 32.1. The number of rotatable bonds is 8. The Labute approximate surface area is 701 Å². The number of para-hydroxylation sites is 6. The van der Waals surface area contributed by atoms with Gasteiger partial charge in [-0.15, -0.1) is 22.7 Å². The molecule has 0 amide bonds. The van der Waals surface area contributed by atoms with Crippen LogP contribution >= 0.6 is 22.7 Å². The second-order valence-electron chi connectivity index (χ2n) is 33.8. The highest BCUT2D eigenvalue weighted by molar-refractivity contribution is 7.26. The third kappa shape index (κ3) is 10.2. The molecule has 0 N–H and O–H groups in total. The number of benzene rings is 18. The summed E-state index contributed by atoms with van der Waals surface area (Å²) in [6, 6.07) is 144. The monoisotopic (exact) mass is 1560 g/mol. The van der Waals surface area contributed by atoms with Gasteiger partial charge in [-0.05, 0) is 217 Å². The van der Waals surface area contributed by atoms with E-state index in [9.17, 15) is 0 Å². The van der Waals surface area contributed by atoms with Gasteiger partial charge >= 0.3 is 0 Å². The second-order valence-corrected chi connectivity index (χ2v) is 35.9. The third-order valence-corrected chi connectivity index (χ3v) is 29.0. The van der Waals surface area contributed by atoms with Crippen LogP contribution in [0, 0.1) is 0 Å². The lowest BCUT2D eigenvalue weighted by Gasteiger charge is -2.22. The van der Waals surface area contributed by atoms with Gasteiger partial charge in [0.2, 0.25) is 0 Å². The fraction of sp³-hybridized carbons (Fsp3) is 0.0526. The summed E-state index contributed by atoms with van der Waals surface area (Å²) in [5.41, 5.74) is 35.1. The van der Waals surface area contributed by atoms with Gasteiger partial charge in [0.05, 0.1) is 44.1 Å². The van der Waals surface area contributed by atoms with Crippen LogP contribution in [0.5, 0.6) is 0 Å². The standard InChI is InChI=1S/2C57H38N2S/c1-57(2)48-27-22-35(33-47(48)55-49(57)28-26-44-43-18-10-12-20-54(43)60-56(44)55)36-23-29-51-45(31-36)46-32-37(24-30-52(46)58(51)39-13-5-3-6-14-39)38-21-25-42-41-17-9-11-19-50(41)59(53(42)34-38)40-15-7-4-8-16-40;1-57(2)48-29-28-45-44-18-10-12-20-54(44)60-56(45)55(48)46-27-23-36(32-49(46)57)38-22-26-43-47-31-35(24-30-51(47)59(53(43)34-38)40-15-7-4-8-16-40)37-21-25-42-41-17-9-11-19-50(41)58(52(42)33-37)39-13-5-3-6-14-39/h2*3-34H,1-2H3. The van der Waals surface area contributed by atoms with Crippen molar-refractivity contribution < 1.29 is 0 Å². The minimum atomic E-state index is -0.108. The van der Waals surface area contributed by atoms with Gasteiger partial charge in [-0.3, -0.25) is 0 Å². The highest BCUT2D eigenvalue weighted by Crippen LogP contribution is 2.57. The lowest BCUT2D eigenvalue weighted by Crippen LogP contribution is -2.14.